The molecule has 0 amide bonds. The van der Waals surface area contributed by atoms with E-state index in [2.05, 4.69) is 34.1 Å². The highest BCUT2D eigenvalue weighted by Crippen LogP contribution is 2.41. The van der Waals surface area contributed by atoms with Crippen LogP contribution in [0.1, 0.15) is 51.8 Å². The summed E-state index contributed by atoms with van der Waals surface area (Å²) in [5.41, 5.74) is 1.14. The SMILES string of the molecule is CC1(C)OB(c2ccc(C3(O)CC4COCC(C3)N4Cc3ccccc3)nc2)OC1(C)C. The average molecular weight is 436 g/mol. The molecule has 2 bridgehead atoms. The van der Waals surface area contributed by atoms with Crippen molar-refractivity contribution in [1.82, 2.24) is 9.88 Å². The molecule has 2 aromatic rings. The minimum atomic E-state index is -0.958. The summed E-state index contributed by atoms with van der Waals surface area (Å²) in [6.45, 7) is 10.3. The lowest BCUT2D eigenvalue weighted by atomic mass is 9.77. The van der Waals surface area contributed by atoms with Gasteiger partial charge < -0.3 is 19.2 Å². The number of aliphatic hydroxyl groups is 1. The van der Waals surface area contributed by atoms with E-state index in [1.807, 2.05) is 45.9 Å². The van der Waals surface area contributed by atoms with Gasteiger partial charge in [-0.2, -0.15) is 0 Å². The summed E-state index contributed by atoms with van der Waals surface area (Å²) >= 11 is 0. The lowest BCUT2D eigenvalue weighted by Crippen LogP contribution is -2.60. The summed E-state index contributed by atoms with van der Waals surface area (Å²) in [7, 11) is -0.448. The predicted octanol–water partition coefficient (Wildman–Crippen LogP) is 2.63. The number of ether oxygens (including phenoxy) is 1. The fourth-order valence-electron chi connectivity index (χ4n) is 5.11. The minimum absolute atomic E-state index is 0.164. The Morgan fingerprint density at radius 2 is 1.59 bits per heavy atom. The van der Waals surface area contributed by atoms with Crippen LogP contribution in [0.15, 0.2) is 48.7 Å². The summed E-state index contributed by atoms with van der Waals surface area (Å²) in [4.78, 5) is 7.17. The molecule has 3 fully saturated rings. The minimum Gasteiger partial charge on any atom is -0.399 e. The maximum atomic E-state index is 11.6. The van der Waals surface area contributed by atoms with Crippen molar-refractivity contribution in [3.05, 3.63) is 59.9 Å². The number of pyridine rings is 1. The zero-order chi connectivity index (χ0) is 22.6. The third kappa shape index (κ3) is 3.90. The molecule has 32 heavy (non-hydrogen) atoms. The Hall–Kier alpha value is -1.77. The fraction of sp³-hybridized carbons (Fsp3) is 0.560. The van der Waals surface area contributed by atoms with Gasteiger partial charge in [0.05, 0.1) is 30.1 Å². The molecular formula is C25H33BN2O4. The van der Waals surface area contributed by atoms with Crippen molar-refractivity contribution in [3.63, 3.8) is 0 Å². The second-order valence-corrected chi connectivity index (χ2v) is 10.5. The first-order valence-corrected chi connectivity index (χ1v) is 11.6. The number of fused-ring (bicyclic) bond motifs is 2. The number of piperidine rings is 1. The van der Waals surface area contributed by atoms with Gasteiger partial charge in [0.25, 0.3) is 0 Å². The van der Waals surface area contributed by atoms with E-state index in [1.165, 1.54) is 5.56 Å². The monoisotopic (exact) mass is 436 g/mol. The van der Waals surface area contributed by atoms with Gasteiger partial charge in [0.2, 0.25) is 0 Å². The van der Waals surface area contributed by atoms with Crippen LogP contribution < -0.4 is 5.46 Å². The summed E-state index contributed by atoms with van der Waals surface area (Å²) in [6, 6.07) is 14.8. The van der Waals surface area contributed by atoms with Crippen LogP contribution in [0.5, 0.6) is 0 Å². The standard InChI is InChI=1S/C25H33BN2O4/c1-23(2)24(3,4)32-26(31-23)19-10-11-22(27-14-19)25(29)12-20-16-30-17-21(13-25)28(20)15-18-8-6-5-7-9-18/h5-11,14,20-21,29H,12-13,15-17H2,1-4H3. The van der Waals surface area contributed by atoms with Crippen LogP contribution in [-0.4, -0.2) is 58.6 Å². The first-order valence-electron chi connectivity index (χ1n) is 11.6. The van der Waals surface area contributed by atoms with E-state index < -0.39 is 23.9 Å². The van der Waals surface area contributed by atoms with Crippen molar-refractivity contribution in [1.29, 1.82) is 0 Å². The Balaban J connectivity index is 1.32. The molecule has 0 spiro atoms. The van der Waals surface area contributed by atoms with Crippen LogP contribution in [-0.2, 0) is 26.2 Å². The third-order valence-electron chi connectivity index (χ3n) is 7.70. The van der Waals surface area contributed by atoms with Crippen LogP contribution in [0, 0.1) is 0 Å². The highest BCUT2D eigenvalue weighted by atomic mass is 16.7. The molecule has 7 heteroatoms. The summed E-state index contributed by atoms with van der Waals surface area (Å²) in [5, 5.41) is 11.6. The maximum Gasteiger partial charge on any atom is 0.496 e. The van der Waals surface area contributed by atoms with E-state index in [9.17, 15) is 5.11 Å². The van der Waals surface area contributed by atoms with E-state index in [4.69, 9.17) is 14.0 Å². The van der Waals surface area contributed by atoms with E-state index >= 15 is 0 Å². The van der Waals surface area contributed by atoms with Crippen LogP contribution in [0.4, 0.5) is 0 Å². The molecule has 0 aliphatic carbocycles. The zero-order valence-corrected chi connectivity index (χ0v) is 19.5. The van der Waals surface area contributed by atoms with Crippen LogP contribution >= 0.6 is 0 Å². The number of hydrogen-bond donors (Lipinski definition) is 1. The van der Waals surface area contributed by atoms with Crippen molar-refractivity contribution < 1.29 is 19.2 Å². The van der Waals surface area contributed by atoms with Gasteiger partial charge in [-0.1, -0.05) is 36.4 Å². The normalized spacial score (nSPS) is 31.6. The molecule has 0 saturated carbocycles. The second-order valence-electron chi connectivity index (χ2n) is 10.5. The van der Waals surface area contributed by atoms with Gasteiger partial charge in [-0.05, 0) is 52.2 Å². The third-order valence-corrected chi connectivity index (χ3v) is 7.70. The highest BCUT2D eigenvalue weighted by Gasteiger charge is 2.52. The van der Waals surface area contributed by atoms with Crippen molar-refractivity contribution in [2.24, 2.45) is 0 Å². The topological polar surface area (TPSA) is 64.0 Å². The number of aromatic nitrogens is 1. The molecular weight excluding hydrogens is 403 g/mol. The molecule has 4 heterocycles. The van der Waals surface area contributed by atoms with E-state index in [0.717, 1.165) is 12.0 Å². The molecule has 0 radical (unpaired) electrons. The molecule has 1 N–H and O–H groups in total. The highest BCUT2D eigenvalue weighted by molar-refractivity contribution is 6.62. The van der Waals surface area contributed by atoms with Gasteiger partial charge in [-0.25, -0.2) is 0 Å². The van der Waals surface area contributed by atoms with Gasteiger partial charge in [0.1, 0.15) is 5.60 Å². The van der Waals surface area contributed by atoms with Crippen molar-refractivity contribution >= 4 is 12.6 Å². The predicted molar refractivity (Wildman–Crippen MR) is 123 cm³/mol. The first kappa shape index (κ1) is 22.0. The Bertz CT molecular complexity index is 920. The summed E-state index contributed by atoms with van der Waals surface area (Å²) < 4.78 is 18.1. The van der Waals surface area contributed by atoms with Crippen LogP contribution in [0.25, 0.3) is 0 Å². The molecule has 3 saturated heterocycles. The molecule has 3 aliphatic heterocycles. The van der Waals surface area contributed by atoms with Gasteiger partial charge in [0.15, 0.2) is 0 Å². The lowest BCUT2D eigenvalue weighted by molar-refractivity contribution is -0.150. The number of rotatable bonds is 4. The van der Waals surface area contributed by atoms with Gasteiger partial charge in [-0.15, -0.1) is 0 Å². The Morgan fingerprint density at radius 1 is 0.969 bits per heavy atom. The molecule has 5 rings (SSSR count). The quantitative estimate of drug-likeness (QED) is 0.744. The Morgan fingerprint density at radius 3 is 2.16 bits per heavy atom. The zero-order valence-electron chi connectivity index (χ0n) is 19.5. The molecule has 1 aromatic heterocycles. The van der Waals surface area contributed by atoms with E-state index in [0.29, 0.717) is 31.7 Å². The van der Waals surface area contributed by atoms with E-state index in [1.54, 1.807) is 6.20 Å². The molecule has 2 atom stereocenters. The van der Waals surface area contributed by atoms with Crippen molar-refractivity contribution in [2.45, 2.75) is 76.0 Å². The number of hydrogen-bond acceptors (Lipinski definition) is 6. The van der Waals surface area contributed by atoms with Gasteiger partial charge in [-0.3, -0.25) is 9.88 Å². The largest absolute Gasteiger partial charge is 0.496 e. The van der Waals surface area contributed by atoms with Crippen molar-refractivity contribution in [2.75, 3.05) is 13.2 Å². The molecule has 170 valence electrons. The van der Waals surface area contributed by atoms with Crippen LogP contribution in [0.2, 0.25) is 0 Å². The maximum absolute atomic E-state index is 11.6. The second kappa shape index (κ2) is 7.92. The fourth-order valence-corrected chi connectivity index (χ4v) is 5.11. The average Bonchev–Trinajstić information content (AvgIpc) is 2.97. The summed E-state index contributed by atoms with van der Waals surface area (Å²) in [6.07, 6.45) is 3.01. The van der Waals surface area contributed by atoms with Crippen molar-refractivity contribution in [3.8, 4) is 0 Å². The van der Waals surface area contributed by atoms with Gasteiger partial charge in [0, 0.05) is 30.3 Å². The smallest absolute Gasteiger partial charge is 0.399 e. The number of benzene rings is 1. The van der Waals surface area contributed by atoms with E-state index in [-0.39, 0.29) is 12.1 Å². The lowest BCUT2D eigenvalue weighted by Gasteiger charge is -2.51. The molecule has 6 nitrogen and oxygen atoms in total. The Kier molecular flexibility index (Phi) is 5.46. The Labute approximate surface area is 191 Å². The van der Waals surface area contributed by atoms with Gasteiger partial charge >= 0.3 is 7.12 Å². The number of nitrogens with zero attached hydrogens (tertiary/aromatic N) is 2. The molecule has 1 aromatic carbocycles. The van der Waals surface area contributed by atoms with Crippen LogP contribution in [0.3, 0.4) is 0 Å². The summed E-state index contributed by atoms with van der Waals surface area (Å²) in [5.74, 6) is 0. The first-order chi connectivity index (χ1) is 15.2. The number of morpholine rings is 1. The molecule has 3 aliphatic rings. The molecule has 2 unspecified atom stereocenters.